The Kier molecular flexibility index (Phi) is 3.73. The highest BCUT2D eigenvalue weighted by Crippen LogP contribution is 2.42. The molecule has 0 aliphatic carbocycles. The normalized spacial score (nSPS) is 31.0. The predicted molar refractivity (Wildman–Crippen MR) is 93.4 cm³/mol. The molecule has 2 aliphatic heterocycles. The molecule has 2 aromatic rings. The van der Waals surface area contributed by atoms with Gasteiger partial charge in [-0.2, -0.15) is 0 Å². The van der Waals surface area contributed by atoms with Gasteiger partial charge in [0.15, 0.2) is 0 Å². The van der Waals surface area contributed by atoms with E-state index in [2.05, 4.69) is 48.0 Å². The van der Waals surface area contributed by atoms with Gasteiger partial charge in [-0.3, -0.25) is 4.90 Å². The van der Waals surface area contributed by atoms with Crippen LogP contribution in [0.25, 0.3) is 10.9 Å². The van der Waals surface area contributed by atoms with Crippen LogP contribution in [0, 0.1) is 5.92 Å². The average Bonchev–Trinajstić information content (AvgIpc) is 2.88. The van der Waals surface area contributed by atoms with Gasteiger partial charge in [0.25, 0.3) is 0 Å². The number of nitrogens with zero attached hydrogens (tertiary/aromatic N) is 1. The second-order valence-electron chi connectivity index (χ2n) is 7.40. The first-order chi connectivity index (χ1) is 10.8. The molecule has 3 heterocycles. The lowest BCUT2D eigenvalue weighted by Gasteiger charge is -2.42. The monoisotopic (exact) mass is 296 g/mol. The molecule has 1 N–H and O–H groups in total. The van der Waals surface area contributed by atoms with Gasteiger partial charge in [0.2, 0.25) is 0 Å². The SMILES string of the molecule is CCCCC1CC2c3[nH]c4ccccc4c3CCN(C1)C2C. The van der Waals surface area contributed by atoms with Gasteiger partial charge >= 0.3 is 0 Å². The molecule has 22 heavy (non-hydrogen) atoms. The van der Waals surface area contributed by atoms with E-state index in [1.165, 1.54) is 56.1 Å². The first-order valence-corrected chi connectivity index (χ1v) is 9.11. The molecule has 4 atom stereocenters. The van der Waals surface area contributed by atoms with Crippen molar-refractivity contribution >= 4 is 10.9 Å². The maximum absolute atomic E-state index is 3.79. The lowest BCUT2D eigenvalue weighted by Crippen LogP contribution is -2.45. The van der Waals surface area contributed by atoms with E-state index in [1.54, 1.807) is 11.3 Å². The molecule has 1 aromatic heterocycles. The smallest absolute Gasteiger partial charge is 0.0459 e. The molecule has 0 amide bonds. The van der Waals surface area contributed by atoms with Crippen LogP contribution in [0.5, 0.6) is 0 Å². The van der Waals surface area contributed by atoms with E-state index in [1.807, 2.05) is 0 Å². The molecule has 0 radical (unpaired) electrons. The Hall–Kier alpha value is -1.28. The first-order valence-electron chi connectivity index (χ1n) is 9.11. The summed E-state index contributed by atoms with van der Waals surface area (Å²) >= 11 is 0. The zero-order valence-corrected chi connectivity index (χ0v) is 13.9. The maximum atomic E-state index is 3.79. The minimum Gasteiger partial charge on any atom is -0.358 e. The number of hydrogen-bond donors (Lipinski definition) is 1. The van der Waals surface area contributed by atoms with Crippen molar-refractivity contribution in [2.45, 2.75) is 57.9 Å². The van der Waals surface area contributed by atoms with Crippen molar-refractivity contribution in [1.29, 1.82) is 0 Å². The molecular weight excluding hydrogens is 268 g/mol. The van der Waals surface area contributed by atoms with Crippen molar-refractivity contribution in [1.82, 2.24) is 9.88 Å². The maximum Gasteiger partial charge on any atom is 0.0459 e. The van der Waals surface area contributed by atoms with Crippen LogP contribution in [0.2, 0.25) is 0 Å². The summed E-state index contributed by atoms with van der Waals surface area (Å²) in [6.07, 6.45) is 6.71. The van der Waals surface area contributed by atoms with E-state index in [-0.39, 0.29) is 0 Å². The van der Waals surface area contributed by atoms with Crippen molar-refractivity contribution in [3.05, 3.63) is 35.5 Å². The topological polar surface area (TPSA) is 19.0 Å². The van der Waals surface area contributed by atoms with Crippen LogP contribution in [0.3, 0.4) is 0 Å². The number of H-pyrrole nitrogens is 1. The predicted octanol–water partition coefficient (Wildman–Crippen LogP) is 4.71. The number of aromatic amines is 1. The van der Waals surface area contributed by atoms with E-state index >= 15 is 0 Å². The van der Waals surface area contributed by atoms with Gasteiger partial charge in [0.1, 0.15) is 0 Å². The van der Waals surface area contributed by atoms with Gasteiger partial charge in [-0.1, -0.05) is 38.0 Å². The number of hydrogen-bond acceptors (Lipinski definition) is 1. The summed E-state index contributed by atoms with van der Waals surface area (Å²) in [6.45, 7) is 7.31. The van der Waals surface area contributed by atoms with Gasteiger partial charge in [-0.05, 0) is 43.7 Å². The van der Waals surface area contributed by atoms with Crippen molar-refractivity contribution in [3.8, 4) is 0 Å². The summed E-state index contributed by atoms with van der Waals surface area (Å²) in [5, 5.41) is 1.46. The van der Waals surface area contributed by atoms with Crippen molar-refractivity contribution in [2.24, 2.45) is 5.92 Å². The quantitative estimate of drug-likeness (QED) is 0.869. The van der Waals surface area contributed by atoms with Crippen LogP contribution < -0.4 is 0 Å². The third-order valence-corrected chi connectivity index (χ3v) is 6.07. The molecule has 118 valence electrons. The zero-order chi connectivity index (χ0) is 15.1. The highest BCUT2D eigenvalue weighted by molar-refractivity contribution is 5.85. The van der Waals surface area contributed by atoms with Crippen LogP contribution in [0.1, 0.15) is 56.7 Å². The largest absolute Gasteiger partial charge is 0.358 e. The molecule has 2 aliphatic rings. The van der Waals surface area contributed by atoms with E-state index in [0.29, 0.717) is 12.0 Å². The molecule has 4 unspecified atom stereocenters. The highest BCUT2D eigenvalue weighted by Gasteiger charge is 2.38. The molecule has 4 rings (SSSR count). The molecule has 1 fully saturated rings. The Bertz CT molecular complexity index is 657. The number of piperidine rings is 1. The minimum atomic E-state index is 0.687. The summed E-state index contributed by atoms with van der Waals surface area (Å²) in [6, 6.07) is 9.56. The Morgan fingerprint density at radius 1 is 1.27 bits per heavy atom. The van der Waals surface area contributed by atoms with Crippen LogP contribution in [0.15, 0.2) is 24.3 Å². The summed E-state index contributed by atoms with van der Waals surface area (Å²) in [7, 11) is 0. The number of rotatable bonds is 3. The van der Waals surface area contributed by atoms with E-state index in [9.17, 15) is 0 Å². The van der Waals surface area contributed by atoms with E-state index in [4.69, 9.17) is 0 Å². The summed E-state index contributed by atoms with van der Waals surface area (Å²) in [5.74, 6) is 1.58. The molecule has 0 saturated carbocycles. The fourth-order valence-corrected chi connectivity index (χ4v) is 4.80. The fraction of sp³-hybridized carbons (Fsp3) is 0.600. The average molecular weight is 296 g/mol. The van der Waals surface area contributed by atoms with E-state index < -0.39 is 0 Å². The third-order valence-electron chi connectivity index (χ3n) is 6.07. The second-order valence-corrected chi connectivity index (χ2v) is 7.40. The molecule has 2 nitrogen and oxygen atoms in total. The van der Waals surface area contributed by atoms with Crippen LogP contribution in [-0.2, 0) is 6.42 Å². The molecule has 2 bridgehead atoms. The standard InChI is InChI=1S/C20H28N2/c1-3-4-7-15-12-18-14(2)22(13-15)11-10-17-16-8-5-6-9-19(16)21-20(17)18/h5-6,8-9,14-15,18,21H,3-4,7,10-13H2,1-2H3. The van der Waals surface area contributed by atoms with Crippen LogP contribution >= 0.6 is 0 Å². The van der Waals surface area contributed by atoms with Crippen molar-refractivity contribution in [3.63, 3.8) is 0 Å². The van der Waals surface area contributed by atoms with Gasteiger partial charge in [-0.25, -0.2) is 0 Å². The van der Waals surface area contributed by atoms with Crippen LogP contribution in [-0.4, -0.2) is 29.0 Å². The molecule has 1 aromatic carbocycles. The number of unbranched alkanes of at least 4 members (excludes halogenated alkanes) is 1. The Labute approximate surface area is 133 Å². The summed E-state index contributed by atoms with van der Waals surface area (Å²) in [5.41, 5.74) is 4.49. The Balaban J connectivity index is 1.72. The Morgan fingerprint density at radius 3 is 3.00 bits per heavy atom. The molecular formula is C20H28N2. The number of aromatic nitrogens is 1. The number of para-hydroxylation sites is 1. The van der Waals surface area contributed by atoms with Crippen LogP contribution in [0.4, 0.5) is 0 Å². The van der Waals surface area contributed by atoms with E-state index in [0.717, 1.165) is 5.92 Å². The summed E-state index contributed by atoms with van der Waals surface area (Å²) in [4.78, 5) is 6.55. The first kappa shape index (κ1) is 14.3. The fourth-order valence-electron chi connectivity index (χ4n) is 4.80. The number of nitrogens with one attached hydrogen (secondary N) is 1. The molecule has 2 heteroatoms. The number of fused-ring (bicyclic) bond motifs is 6. The second kappa shape index (κ2) is 5.73. The zero-order valence-electron chi connectivity index (χ0n) is 13.9. The van der Waals surface area contributed by atoms with Crippen molar-refractivity contribution < 1.29 is 0 Å². The number of benzene rings is 1. The lowest BCUT2D eigenvalue weighted by molar-refractivity contribution is 0.0984. The minimum absolute atomic E-state index is 0.687. The Morgan fingerprint density at radius 2 is 2.14 bits per heavy atom. The van der Waals surface area contributed by atoms with Gasteiger partial charge in [0, 0.05) is 41.6 Å². The summed E-state index contributed by atoms with van der Waals surface area (Å²) < 4.78 is 0. The lowest BCUT2D eigenvalue weighted by atomic mass is 9.80. The highest BCUT2D eigenvalue weighted by atomic mass is 15.2. The molecule has 1 saturated heterocycles. The van der Waals surface area contributed by atoms with Gasteiger partial charge < -0.3 is 4.98 Å². The third kappa shape index (κ3) is 2.28. The molecule has 0 spiro atoms. The van der Waals surface area contributed by atoms with Crippen molar-refractivity contribution in [2.75, 3.05) is 13.1 Å². The van der Waals surface area contributed by atoms with Gasteiger partial charge in [0.05, 0.1) is 0 Å². The van der Waals surface area contributed by atoms with Gasteiger partial charge in [-0.15, -0.1) is 0 Å².